The Morgan fingerprint density at radius 1 is 1.07 bits per heavy atom. The van der Waals surface area contributed by atoms with Crippen molar-refractivity contribution < 1.29 is 14.5 Å². The van der Waals surface area contributed by atoms with E-state index in [9.17, 15) is 9.59 Å². The highest BCUT2D eigenvalue weighted by Gasteiger charge is 2.42. The summed E-state index contributed by atoms with van der Waals surface area (Å²) in [5, 5.41) is 1.18. The fourth-order valence-electron chi connectivity index (χ4n) is 4.59. The van der Waals surface area contributed by atoms with E-state index in [1.807, 2.05) is 36.4 Å². The number of hydrogen-bond acceptors (Lipinski definition) is 4. The largest absolute Gasteiger partial charge is 0.317 e. The molecule has 5 nitrogen and oxygen atoms in total. The zero-order chi connectivity index (χ0) is 19.8. The Labute approximate surface area is 174 Å². The molecule has 148 valence electrons. The standard InChI is InChI=1S/C23H23N3O2S/c27-21-13-18(16-7-2-1-3-8-16)23(28)26(21)15-25-12-6-9-17(14-25)22-24-19-10-4-5-11-20(19)29-22/h1-5,7-8,10-11,17-18H,6,9,12-15H2/p+1/t17-,18-/m0/s1. The van der Waals surface area contributed by atoms with Gasteiger partial charge in [-0.15, -0.1) is 11.3 Å². The zero-order valence-corrected chi connectivity index (χ0v) is 17.0. The number of aromatic nitrogens is 1. The van der Waals surface area contributed by atoms with Gasteiger partial charge in [0.05, 0.1) is 35.1 Å². The molecule has 29 heavy (non-hydrogen) atoms. The Bertz CT molecular complexity index is 1020. The summed E-state index contributed by atoms with van der Waals surface area (Å²) in [7, 11) is 0. The number of imide groups is 1. The number of fused-ring (bicyclic) bond motifs is 1. The first kappa shape index (κ1) is 18.5. The molecule has 0 radical (unpaired) electrons. The number of carbonyl (C=O) groups excluding carboxylic acids is 2. The first-order valence-corrected chi connectivity index (χ1v) is 11.1. The third-order valence-electron chi connectivity index (χ3n) is 6.11. The monoisotopic (exact) mass is 406 g/mol. The van der Waals surface area contributed by atoms with Crippen LogP contribution in [0, 0.1) is 0 Å². The number of benzene rings is 2. The molecule has 1 aromatic heterocycles. The van der Waals surface area contributed by atoms with Gasteiger partial charge in [0.2, 0.25) is 11.8 Å². The molecule has 2 aliphatic rings. The number of para-hydroxylation sites is 1. The Balaban J connectivity index is 1.29. The number of nitrogens with zero attached hydrogens (tertiary/aromatic N) is 2. The van der Waals surface area contributed by atoms with Crippen LogP contribution in [0.2, 0.25) is 0 Å². The maximum atomic E-state index is 12.9. The lowest BCUT2D eigenvalue weighted by Crippen LogP contribution is -3.15. The molecule has 1 N–H and O–H groups in total. The van der Waals surface area contributed by atoms with Gasteiger partial charge in [-0.1, -0.05) is 42.5 Å². The van der Waals surface area contributed by atoms with E-state index in [0.717, 1.165) is 37.0 Å². The van der Waals surface area contributed by atoms with E-state index in [1.165, 1.54) is 19.5 Å². The third-order valence-corrected chi connectivity index (χ3v) is 7.30. The second kappa shape index (κ2) is 7.69. The number of hydrogen-bond donors (Lipinski definition) is 1. The molecule has 3 heterocycles. The summed E-state index contributed by atoms with van der Waals surface area (Å²) in [6.45, 7) is 2.39. The van der Waals surface area contributed by atoms with Gasteiger partial charge in [-0.2, -0.15) is 0 Å². The molecule has 5 rings (SSSR count). The first-order valence-electron chi connectivity index (χ1n) is 10.3. The summed E-state index contributed by atoms with van der Waals surface area (Å²) >= 11 is 1.78. The molecule has 3 aromatic rings. The predicted octanol–water partition coefficient (Wildman–Crippen LogP) is 2.56. The van der Waals surface area contributed by atoms with Gasteiger partial charge >= 0.3 is 0 Å². The lowest BCUT2D eigenvalue weighted by molar-refractivity contribution is -0.913. The number of rotatable bonds is 4. The molecule has 3 atom stereocenters. The Kier molecular flexibility index (Phi) is 4.89. The topological polar surface area (TPSA) is 54.7 Å². The van der Waals surface area contributed by atoms with Gasteiger partial charge in [-0.25, -0.2) is 9.88 Å². The second-order valence-corrected chi connectivity index (χ2v) is 9.11. The van der Waals surface area contributed by atoms with Crippen molar-refractivity contribution in [3.05, 3.63) is 65.2 Å². The first-order chi connectivity index (χ1) is 14.2. The van der Waals surface area contributed by atoms with Crippen LogP contribution in [0.5, 0.6) is 0 Å². The summed E-state index contributed by atoms with van der Waals surface area (Å²) in [6, 6.07) is 17.9. The van der Waals surface area contributed by atoms with E-state index in [-0.39, 0.29) is 24.2 Å². The van der Waals surface area contributed by atoms with Gasteiger partial charge in [-0.3, -0.25) is 9.59 Å². The van der Waals surface area contributed by atoms with Crippen molar-refractivity contribution in [2.75, 3.05) is 19.8 Å². The number of likely N-dealkylation sites (tertiary alicyclic amines) is 2. The molecule has 1 unspecified atom stereocenters. The van der Waals surface area contributed by atoms with Gasteiger partial charge in [0.25, 0.3) is 0 Å². The zero-order valence-electron chi connectivity index (χ0n) is 16.2. The molecule has 0 bridgehead atoms. The minimum Gasteiger partial charge on any atom is -0.317 e. The molecule has 0 spiro atoms. The highest BCUT2D eigenvalue weighted by atomic mass is 32.1. The van der Waals surface area contributed by atoms with E-state index >= 15 is 0 Å². The van der Waals surface area contributed by atoms with Crippen LogP contribution < -0.4 is 4.90 Å². The predicted molar refractivity (Wildman–Crippen MR) is 113 cm³/mol. The van der Waals surface area contributed by atoms with Crippen molar-refractivity contribution in [2.24, 2.45) is 0 Å². The smallest absolute Gasteiger partial charge is 0.241 e. The minimum atomic E-state index is -0.326. The number of nitrogens with one attached hydrogen (secondary N) is 1. The van der Waals surface area contributed by atoms with E-state index in [0.29, 0.717) is 12.6 Å². The Morgan fingerprint density at radius 3 is 2.69 bits per heavy atom. The van der Waals surface area contributed by atoms with Gasteiger partial charge < -0.3 is 4.90 Å². The highest BCUT2D eigenvalue weighted by molar-refractivity contribution is 7.18. The van der Waals surface area contributed by atoms with Crippen LogP contribution in [0.25, 0.3) is 10.2 Å². The van der Waals surface area contributed by atoms with Crippen molar-refractivity contribution in [1.82, 2.24) is 9.88 Å². The van der Waals surface area contributed by atoms with E-state index in [2.05, 4.69) is 18.2 Å². The molecule has 0 saturated carbocycles. The maximum absolute atomic E-state index is 12.9. The lowest BCUT2D eigenvalue weighted by atomic mass is 9.98. The number of piperidine rings is 1. The molecule has 2 saturated heterocycles. The normalized spacial score (nSPS) is 25.1. The van der Waals surface area contributed by atoms with E-state index in [4.69, 9.17) is 4.98 Å². The van der Waals surface area contributed by atoms with Gasteiger partial charge in [0.1, 0.15) is 5.01 Å². The van der Waals surface area contributed by atoms with Crippen molar-refractivity contribution >= 4 is 33.4 Å². The fraction of sp³-hybridized carbons (Fsp3) is 0.348. The minimum absolute atomic E-state index is 0.0431. The highest BCUT2D eigenvalue weighted by Crippen LogP contribution is 2.31. The lowest BCUT2D eigenvalue weighted by Gasteiger charge is -2.31. The summed E-state index contributed by atoms with van der Waals surface area (Å²) in [5.74, 6) is -0.0175. The average molecular weight is 407 g/mol. The quantitative estimate of drug-likeness (QED) is 0.678. The van der Waals surface area contributed by atoms with Crippen LogP contribution in [-0.4, -0.2) is 41.5 Å². The second-order valence-electron chi connectivity index (χ2n) is 8.05. The van der Waals surface area contributed by atoms with Crippen LogP contribution in [0.15, 0.2) is 54.6 Å². The molecule has 2 fully saturated rings. The van der Waals surface area contributed by atoms with Crippen LogP contribution >= 0.6 is 11.3 Å². The molecule has 2 amide bonds. The van der Waals surface area contributed by atoms with Gasteiger partial charge in [0.15, 0.2) is 6.67 Å². The molecule has 2 aromatic carbocycles. The molecule has 0 aliphatic carbocycles. The number of carbonyl (C=O) groups is 2. The average Bonchev–Trinajstić information content (AvgIpc) is 3.31. The van der Waals surface area contributed by atoms with E-state index in [1.54, 1.807) is 11.3 Å². The Hall–Kier alpha value is -2.57. The molecular formula is C23H24N3O2S+. The van der Waals surface area contributed by atoms with Crippen LogP contribution in [0.3, 0.4) is 0 Å². The SMILES string of the molecule is O=C1C[C@@H](c2ccccc2)C(=O)N1C[NH+]1CCC[C@H](c2nc3ccccc3s2)C1. The van der Waals surface area contributed by atoms with Crippen LogP contribution in [0.4, 0.5) is 0 Å². The van der Waals surface area contributed by atoms with Crippen molar-refractivity contribution in [3.8, 4) is 0 Å². The summed E-state index contributed by atoms with van der Waals surface area (Å²) < 4.78 is 1.23. The van der Waals surface area contributed by atoms with Crippen molar-refractivity contribution in [1.29, 1.82) is 0 Å². The number of thiazole rings is 1. The van der Waals surface area contributed by atoms with Gasteiger partial charge in [0, 0.05) is 6.42 Å². The summed E-state index contributed by atoms with van der Waals surface area (Å²) in [6.07, 6.45) is 2.50. The molecule has 2 aliphatic heterocycles. The van der Waals surface area contributed by atoms with E-state index < -0.39 is 0 Å². The summed E-state index contributed by atoms with van der Waals surface area (Å²) in [5.41, 5.74) is 2.00. The van der Waals surface area contributed by atoms with Gasteiger partial charge in [-0.05, 0) is 30.5 Å². The molecule has 6 heteroatoms. The van der Waals surface area contributed by atoms with Crippen LogP contribution in [0.1, 0.15) is 41.7 Å². The Morgan fingerprint density at radius 2 is 1.86 bits per heavy atom. The number of amides is 2. The number of quaternary nitrogens is 1. The molecular weight excluding hydrogens is 382 g/mol. The van der Waals surface area contributed by atoms with Crippen molar-refractivity contribution in [3.63, 3.8) is 0 Å². The third kappa shape index (κ3) is 3.58. The fourth-order valence-corrected chi connectivity index (χ4v) is 5.69. The summed E-state index contributed by atoms with van der Waals surface area (Å²) in [4.78, 5) is 33.2. The van der Waals surface area contributed by atoms with Crippen LogP contribution in [-0.2, 0) is 9.59 Å². The maximum Gasteiger partial charge on any atom is 0.241 e. The van der Waals surface area contributed by atoms with Crippen molar-refractivity contribution in [2.45, 2.75) is 31.1 Å².